The van der Waals surface area contributed by atoms with Crippen molar-refractivity contribution >= 4 is 21.4 Å². The van der Waals surface area contributed by atoms with Crippen LogP contribution < -0.4 is 0 Å². The predicted octanol–water partition coefficient (Wildman–Crippen LogP) is 0.935. The summed E-state index contributed by atoms with van der Waals surface area (Å²) in [6.07, 6.45) is 2.26. The molecule has 1 atom stereocenters. The van der Waals surface area contributed by atoms with Crippen molar-refractivity contribution < 1.29 is 13.2 Å². The lowest BCUT2D eigenvalue weighted by atomic mass is 9.88. The Morgan fingerprint density at radius 3 is 2.91 bits per heavy atom. The van der Waals surface area contributed by atoms with Gasteiger partial charge in [-0.3, -0.25) is 4.90 Å². The van der Waals surface area contributed by atoms with Gasteiger partial charge < -0.3 is 4.74 Å². The van der Waals surface area contributed by atoms with Crippen LogP contribution in [0.25, 0.3) is 0 Å². The molecule has 2 fully saturated rings. The zero-order valence-electron chi connectivity index (χ0n) is 13.1. The van der Waals surface area contributed by atoms with E-state index >= 15 is 0 Å². The van der Waals surface area contributed by atoms with Crippen molar-refractivity contribution in [2.24, 2.45) is 5.41 Å². The largest absolute Gasteiger partial charge is 0.379 e. The van der Waals surface area contributed by atoms with E-state index in [-0.39, 0.29) is 5.41 Å². The van der Waals surface area contributed by atoms with Gasteiger partial charge >= 0.3 is 0 Å². The molecule has 8 heteroatoms. The van der Waals surface area contributed by atoms with Crippen molar-refractivity contribution in [3.63, 3.8) is 0 Å². The summed E-state index contributed by atoms with van der Waals surface area (Å²) in [5.74, 6) is 0. The van der Waals surface area contributed by atoms with E-state index < -0.39 is 10.0 Å². The SMILES string of the molecule is Cc1nc(CN2CCC3(COCCN(S(C)(=O)=O)C3)C2)cs1. The summed E-state index contributed by atoms with van der Waals surface area (Å²) in [5.41, 5.74) is 1.03. The van der Waals surface area contributed by atoms with E-state index in [9.17, 15) is 8.42 Å². The Balaban J connectivity index is 1.68. The molecule has 1 aromatic heterocycles. The highest BCUT2D eigenvalue weighted by Crippen LogP contribution is 2.34. The number of nitrogens with zero attached hydrogens (tertiary/aromatic N) is 3. The minimum absolute atomic E-state index is 0.0787. The van der Waals surface area contributed by atoms with Crippen LogP contribution in [0.1, 0.15) is 17.1 Å². The van der Waals surface area contributed by atoms with E-state index in [0.717, 1.165) is 36.8 Å². The molecule has 1 unspecified atom stereocenters. The van der Waals surface area contributed by atoms with Gasteiger partial charge in [0, 0.05) is 37.0 Å². The van der Waals surface area contributed by atoms with Gasteiger partial charge in [-0.25, -0.2) is 13.4 Å². The minimum atomic E-state index is -3.16. The van der Waals surface area contributed by atoms with E-state index in [1.54, 1.807) is 15.6 Å². The predicted molar refractivity (Wildman–Crippen MR) is 86.4 cm³/mol. The molecule has 3 rings (SSSR count). The summed E-state index contributed by atoms with van der Waals surface area (Å²) in [6.45, 7) is 6.86. The fourth-order valence-corrected chi connectivity index (χ4v) is 4.87. The number of aromatic nitrogens is 1. The van der Waals surface area contributed by atoms with Crippen molar-refractivity contribution in [3.05, 3.63) is 16.1 Å². The monoisotopic (exact) mass is 345 g/mol. The first kappa shape index (κ1) is 16.3. The van der Waals surface area contributed by atoms with Gasteiger partial charge in [-0.05, 0) is 19.9 Å². The normalized spacial score (nSPS) is 28.3. The third kappa shape index (κ3) is 3.68. The molecule has 1 aromatic rings. The van der Waals surface area contributed by atoms with Crippen LogP contribution in [-0.4, -0.2) is 68.3 Å². The first-order valence-corrected chi connectivity index (χ1v) is 10.3. The average Bonchev–Trinajstić information content (AvgIpc) is 2.92. The summed E-state index contributed by atoms with van der Waals surface area (Å²) < 4.78 is 31.1. The molecule has 0 N–H and O–H groups in total. The quantitative estimate of drug-likeness (QED) is 0.816. The van der Waals surface area contributed by atoms with E-state index in [4.69, 9.17) is 4.74 Å². The average molecular weight is 345 g/mol. The maximum Gasteiger partial charge on any atom is 0.211 e. The van der Waals surface area contributed by atoms with Crippen LogP contribution in [-0.2, 0) is 21.3 Å². The minimum Gasteiger partial charge on any atom is -0.379 e. The Hall–Kier alpha value is -0.540. The van der Waals surface area contributed by atoms with Crippen molar-refractivity contribution in [1.29, 1.82) is 0 Å². The first-order valence-electron chi connectivity index (χ1n) is 7.53. The fraction of sp³-hybridized carbons (Fsp3) is 0.786. The zero-order valence-corrected chi connectivity index (χ0v) is 14.8. The first-order chi connectivity index (χ1) is 10.4. The Morgan fingerprint density at radius 1 is 1.41 bits per heavy atom. The molecule has 0 amide bonds. The van der Waals surface area contributed by atoms with Crippen LogP contribution in [0.15, 0.2) is 5.38 Å². The van der Waals surface area contributed by atoms with Crippen LogP contribution in [0.2, 0.25) is 0 Å². The zero-order chi connectivity index (χ0) is 15.8. The van der Waals surface area contributed by atoms with Crippen LogP contribution in [0.4, 0.5) is 0 Å². The third-order valence-electron chi connectivity index (χ3n) is 4.44. The van der Waals surface area contributed by atoms with E-state index in [2.05, 4.69) is 15.3 Å². The van der Waals surface area contributed by atoms with Crippen molar-refractivity contribution in [3.8, 4) is 0 Å². The maximum atomic E-state index is 11.9. The Bertz CT molecular complexity index is 631. The molecule has 6 nitrogen and oxygen atoms in total. The van der Waals surface area contributed by atoms with Gasteiger partial charge in [0.2, 0.25) is 10.0 Å². The number of rotatable bonds is 3. The molecular formula is C14H23N3O3S2. The molecule has 0 bridgehead atoms. The second-order valence-corrected chi connectivity index (χ2v) is 9.51. The lowest BCUT2D eigenvalue weighted by molar-refractivity contribution is 0.0720. The Morgan fingerprint density at radius 2 is 2.23 bits per heavy atom. The van der Waals surface area contributed by atoms with E-state index in [1.807, 2.05) is 6.92 Å². The molecule has 2 aliphatic rings. The molecule has 3 heterocycles. The number of ether oxygens (including phenoxy) is 1. The Kier molecular flexibility index (Phi) is 4.57. The van der Waals surface area contributed by atoms with Gasteiger partial charge in [-0.1, -0.05) is 0 Å². The lowest BCUT2D eigenvalue weighted by Crippen LogP contribution is -2.42. The Labute approximate surface area is 136 Å². The highest BCUT2D eigenvalue weighted by molar-refractivity contribution is 7.88. The molecule has 2 aliphatic heterocycles. The topological polar surface area (TPSA) is 62.7 Å². The molecular weight excluding hydrogens is 322 g/mol. The van der Waals surface area contributed by atoms with Gasteiger partial charge in [0.1, 0.15) is 0 Å². The summed E-state index contributed by atoms with van der Waals surface area (Å²) in [5, 5.41) is 3.19. The number of hydrogen-bond acceptors (Lipinski definition) is 6. The molecule has 0 radical (unpaired) electrons. The summed E-state index contributed by atoms with van der Waals surface area (Å²) >= 11 is 1.67. The molecule has 22 heavy (non-hydrogen) atoms. The van der Waals surface area contributed by atoms with Gasteiger partial charge in [0.05, 0.1) is 30.2 Å². The number of sulfonamides is 1. The second-order valence-electron chi connectivity index (χ2n) is 6.47. The number of hydrogen-bond donors (Lipinski definition) is 0. The molecule has 0 saturated carbocycles. The van der Waals surface area contributed by atoms with Crippen molar-refractivity contribution in [1.82, 2.24) is 14.2 Å². The highest BCUT2D eigenvalue weighted by atomic mass is 32.2. The second kappa shape index (κ2) is 6.16. The van der Waals surface area contributed by atoms with E-state index in [0.29, 0.717) is 26.3 Å². The highest BCUT2D eigenvalue weighted by Gasteiger charge is 2.42. The molecule has 0 aromatic carbocycles. The molecule has 124 valence electrons. The smallest absolute Gasteiger partial charge is 0.211 e. The maximum absolute atomic E-state index is 11.9. The molecule has 2 saturated heterocycles. The number of thiazole rings is 1. The van der Waals surface area contributed by atoms with Gasteiger partial charge in [0.25, 0.3) is 0 Å². The summed E-state index contributed by atoms with van der Waals surface area (Å²) in [7, 11) is -3.16. The van der Waals surface area contributed by atoms with Crippen molar-refractivity contribution in [2.45, 2.75) is 19.9 Å². The standard InChI is InChI=1S/C14H23N3O3S2/c1-12-15-13(8-21-12)7-16-4-3-14(9-16)10-17(22(2,18)19)5-6-20-11-14/h8H,3-7,9-11H2,1-2H3. The molecule has 0 aliphatic carbocycles. The van der Waals surface area contributed by atoms with Gasteiger partial charge in [0.15, 0.2) is 0 Å². The summed E-state index contributed by atoms with van der Waals surface area (Å²) in [4.78, 5) is 6.88. The van der Waals surface area contributed by atoms with Crippen LogP contribution in [0.5, 0.6) is 0 Å². The molecule has 1 spiro atoms. The van der Waals surface area contributed by atoms with E-state index in [1.165, 1.54) is 6.26 Å². The third-order valence-corrected chi connectivity index (χ3v) is 6.52. The van der Waals surface area contributed by atoms with Crippen LogP contribution >= 0.6 is 11.3 Å². The fourth-order valence-electron chi connectivity index (χ4n) is 3.36. The summed E-state index contributed by atoms with van der Waals surface area (Å²) in [6, 6.07) is 0. The van der Waals surface area contributed by atoms with Gasteiger partial charge in [-0.2, -0.15) is 4.31 Å². The van der Waals surface area contributed by atoms with Crippen LogP contribution in [0.3, 0.4) is 0 Å². The number of aryl methyl sites for hydroxylation is 1. The van der Waals surface area contributed by atoms with Gasteiger partial charge in [-0.15, -0.1) is 11.3 Å². The van der Waals surface area contributed by atoms with Crippen molar-refractivity contribution in [2.75, 3.05) is 45.6 Å². The lowest BCUT2D eigenvalue weighted by Gasteiger charge is -2.30. The van der Waals surface area contributed by atoms with Crippen LogP contribution in [0, 0.1) is 12.3 Å². The number of likely N-dealkylation sites (tertiary alicyclic amines) is 1.